The second-order valence-corrected chi connectivity index (χ2v) is 5.11. The zero-order chi connectivity index (χ0) is 13.2. The van der Waals surface area contributed by atoms with E-state index in [0.717, 1.165) is 11.3 Å². The summed E-state index contributed by atoms with van der Waals surface area (Å²) in [5.74, 6) is 0.661. The molecule has 1 aromatic heterocycles. The van der Waals surface area contributed by atoms with Gasteiger partial charge in [0.15, 0.2) is 0 Å². The molecule has 19 heavy (non-hydrogen) atoms. The van der Waals surface area contributed by atoms with E-state index in [1.807, 2.05) is 42.2 Å². The van der Waals surface area contributed by atoms with Gasteiger partial charge in [0.05, 0.1) is 11.8 Å². The van der Waals surface area contributed by atoms with Crippen molar-refractivity contribution in [2.75, 3.05) is 13.6 Å². The molecule has 2 N–H and O–H groups in total. The summed E-state index contributed by atoms with van der Waals surface area (Å²) in [6, 6.07) is 10.1. The molecule has 0 amide bonds. The Morgan fingerprint density at radius 3 is 3.00 bits per heavy atom. The van der Waals surface area contributed by atoms with Crippen molar-refractivity contribution in [3.63, 3.8) is 0 Å². The maximum atomic E-state index is 10.0. The maximum absolute atomic E-state index is 10.0. The van der Waals surface area contributed by atoms with E-state index in [9.17, 15) is 5.11 Å². The van der Waals surface area contributed by atoms with Crippen LogP contribution in [0.15, 0.2) is 36.5 Å². The summed E-state index contributed by atoms with van der Waals surface area (Å²) < 4.78 is 1.99. The fourth-order valence-electron chi connectivity index (χ4n) is 2.39. The second kappa shape index (κ2) is 5.15. The molecule has 0 spiro atoms. The van der Waals surface area contributed by atoms with Crippen LogP contribution in [0, 0.1) is 0 Å². The third-order valence-electron chi connectivity index (χ3n) is 3.56. The van der Waals surface area contributed by atoms with Crippen molar-refractivity contribution in [1.29, 1.82) is 0 Å². The molecule has 1 aromatic carbocycles. The monoisotopic (exact) mass is 257 g/mol. The summed E-state index contributed by atoms with van der Waals surface area (Å²) in [5.41, 5.74) is 3.23. The van der Waals surface area contributed by atoms with E-state index >= 15 is 0 Å². The van der Waals surface area contributed by atoms with E-state index in [0.29, 0.717) is 12.5 Å². The van der Waals surface area contributed by atoms with Gasteiger partial charge in [0.2, 0.25) is 0 Å². The van der Waals surface area contributed by atoms with Gasteiger partial charge >= 0.3 is 0 Å². The number of rotatable bonds is 5. The number of hydrogen-bond acceptors (Lipinski definition) is 3. The quantitative estimate of drug-likeness (QED) is 0.861. The minimum Gasteiger partial charge on any atom is -0.387 e. The normalized spacial score (nSPS) is 16.5. The first-order chi connectivity index (χ1) is 9.29. The molecule has 0 aliphatic heterocycles. The van der Waals surface area contributed by atoms with Crippen molar-refractivity contribution in [1.82, 2.24) is 15.1 Å². The maximum Gasteiger partial charge on any atom is 0.0915 e. The third kappa shape index (κ3) is 2.55. The van der Waals surface area contributed by atoms with Crippen LogP contribution in [0.4, 0.5) is 0 Å². The van der Waals surface area contributed by atoms with E-state index < -0.39 is 6.10 Å². The summed E-state index contributed by atoms with van der Waals surface area (Å²) in [6.07, 6.45) is 3.89. The van der Waals surface area contributed by atoms with Crippen LogP contribution in [-0.4, -0.2) is 28.5 Å². The van der Waals surface area contributed by atoms with Crippen LogP contribution < -0.4 is 5.32 Å². The Kier molecular flexibility index (Phi) is 3.36. The molecule has 1 unspecified atom stereocenters. The highest BCUT2D eigenvalue weighted by Crippen LogP contribution is 2.40. The average molecular weight is 257 g/mol. The lowest BCUT2D eigenvalue weighted by atomic mass is 10.1. The number of likely N-dealkylation sites (N-methyl/N-ethyl adjacent to an activating group) is 1. The molecule has 1 atom stereocenters. The second-order valence-electron chi connectivity index (χ2n) is 5.11. The van der Waals surface area contributed by atoms with Crippen LogP contribution in [0.5, 0.6) is 0 Å². The largest absolute Gasteiger partial charge is 0.387 e. The lowest BCUT2D eigenvalue weighted by molar-refractivity contribution is 0.178. The van der Waals surface area contributed by atoms with Gasteiger partial charge in [0, 0.05) is 24.4 Å². The lowest BCUT2D eigenvalue weighted by Crippen LogP contribution is -2.16. The van der Waals surface area contributed by atoms with Crippen molar-refractivity contribution in [2.45, 2.75) is 24.9 Å². The fourth-order valence-corrected chi connectivity index (χ4v) is 2.39. The van der Waals surface area contributed by atoms with Crippen molar-refractivity contribution < 1.29 is 5.11 Å². The van der Waals surface area contributed by atoms with Crippen molar-refractivity contribution in [2.24, 2.45) is 0 Å². The molecule has 1 aliphatic carbocycles. The smallest absolute Gasteiger partial charge is 0.0915 e. The Labute approximate surface area is 113 Å². The van der Waals surface area contributed by atoms with E-state index in [-0.39, 0.29) is 0 Å². The summed E-state index contributed by atoms with van der Waals surface area (Å²) in [6.45, 7) is 0.554. The van der Waals surface area contributed by atoms with E-state index in [4.69, 9.17) is 0 Å². The first-order valence-electron chi connectivity index (χ1n) is 6.76. The topological polar surface area (TPSA) is 50.1 Å². The summed E-state index contributed by atoms with van der Waals surface area (Å²) in [7, 11) is 1.84. The first-order valence-corrected chi connectivity index (χ1v) is 6.76. The van der Waals surface area contributed by atoms with Crippen LogP contribution in [-0.2, 0) is 0 Å². The van der Waals surface area contributed by atoms with Crippen LogP contribution in [0.1, 0.15) is 36.1 Å². The number of aromatic nitrogens is 2. The molecule has 1 saturated carbocycles. The minimum atomic E-state index is -0.482. The molecule has 1 heterocycles. The first kappa shape index (κ1) is 12.4. The van der Waals surface area contributed by atoms with Gasteiger partial charge in [-0.15, -0.1) is 0 Å². The van der Waals surface area contributed by atoms with Crippen molar-refractivity contribution >= 4 is 0 Å². The van der Waals surface area contributed by atoms with Gasteiger partial charge in [0.1, 0.15) is 0 Å². The van der Waals surface area contributed by atoms with Gasteiger partial charge in [-0.25, -0.2) is 4.68 Å². The zero-order valence-electron chi connectivity index (χ0n) is 11.1. The number of benzene rings is 1. The highest BCUT2D eigenvalue weighted by Gasteiger charge is 2.27. The minimum absolute atomic E-state index is 0.482. The van der Waals surface area contributed by atoms with E-state index in [1.54, 1.807) is 0 Å². The van der Waals surface area contributed by atoms with E-state index in [1.165, 1.54) is 18.5 Å². The Morgan fingerprint density at radius 2 is 2.26 bits per heavy atom. The van der Waals surface area contributed by atoms with Crippen LogP contribution in [0.3, 0.4) is 0 Å². The predicted octanol–water partition coefficient (Wildman–Crippen LogP) is 2.00. The molecule has 0 radical (unpaired) electrons. The van der Waals surface area contributed by atoms with E-state index in [2.05, 4.69) is 16.5 Å². The molecule has 1 fully saturated rings. The van der Waals surface area contributed by atoms with Gasteiger partial charge in [-0.2, -0.15) is 5.10 Å². The molecule has 2 aromatic rings. The third-order valence-corrected chi connectivity index (χ3v) is 3.56. The SMILES string of the molecule is CNCC(O)c1cccc(-n2nccc2C2CC2)c1. The Balaban J connectivity index is 1.92. The van der Waals surface area contributed by atoms with Gasteiger partial charge in [0.25, 0.3) is 0 Å². The zero-order valence-corrected chi connectivity index (χ0v) is 11.1. The summed E-state index contributed by atoms with van der Waals surface area (Å²) >= 11 is 0. The molecular formula is C15H19N3O. The van der Waals surface area contributed by atoms with Crippen LogP contribution in [0.25, 0.3) is 5.69 Å². The molecule has 4 nitrogen and oxygen atoms in total. The summed E-state index contributed by atoms with van der Waals surface area (Å²) in [4.78, 5) is 0. The molecule has 3 rings (SSSR count). The number of aliphatic hydroxyl groups is 1. The lowest BCUT2D eigenvalue weighted by Gasteiger charge is -2.13. The van der Waals surface area contributed by atoms with Crippen LogP contribution >= 0.6 is 0 Å². The van der Waals surface area contributed by atoms with Crippen molar-refractivity contribution in [3.8, 4) is 5.69 Å². The molecule has 1 aliphatic rings. The molecule has 0 bridgehead atoms. The highest BCUT2D eigenvalue weighted by molar-refractivity contribution is 5.38. The van der Waals surface area contributed by atoms with Crippen LogP contribution in [0.2, 0.25) is 0 Å². The fraction of sp³-hybridized carbons (Fsp3) is 0.400. The molecular weight excluding hydrogens is 238 g/mol. The predicted molar refractivity (Wildman–Crippen MR) is 74.4 cm³/mol. The van der Waals surface area contributed by atoms with Gasteiger partial charge in [-0.1, -0.05) is 12.1 Å². The highest BCUT2D eigenvalue weighted by atomic mass is 16.3. The van der Waals surface area contributed by atoms with Crippen molar-refractivity contribution in [3.05, 3.63) is 47.8 Å². The van der Waals surface area contributed by atoms with Gasteiger partial charge < -0.3 is 10.4 Å². The Morgan fingerprint density at radius 1 is 1.42 bits per heavy atom. The summed E-state index contributed by atoms with van der Waals surface area (Å²) in [5, 5.41) is 17.4. The Hall–Kier alpha value is -1.65. The van der Waals surface area contributed by atoms with Gasteiger partial charge in [-0.05, 0) is 43.7 Å². The molecule has 4 heteroatoms. The molecule has 0 saturated heterocycles. The van der Waals surface area contributed by atoms with Gasteiger partial charge in [-0.3, -0.25) is 0 Å². The standard InChI is InChI=1S/C15H19N3O/c1-16-10-15(19)12-3-2-4-13(9-12)18-14(7-8-17-18)11-5-6-11/h2-4,7-9,11,15-16,19H,5-6,10H2,1H3. The number of hydrogen-bond donors (Lipinski definition) is 2. The number of aliphatic hydroxyl groups excluding tert-OH is 1. The Bertz CT molecular complexity index is 560. The number of nitrogens with zero attached hydrogens (tertiary/aromatic N) is 2. The molecule has 100 valence electrons. The average Bonchev–Trinajstić information content (AvgIpc) is 3.16. The number of nitrogens with one attached hydrogen (secondary N) is 1.